The molecule has 0 spiro atoms. The first kappa shape index (κ1) is 8.44. The highest BCUT2D eigenvalue weighted by Crippen LogP contribution is 2.22. The number of aromatic nitrogens is 2. The zero-order valence-electron chi connectivity index (χ0n) is 7.57. The summed E-state index contributed by atoms with van der Waals surface area (Å²) in [6.45, 7) is 4.03. The zero-order chi connectivity index (χ0) is 9.26. The molecule has 0 N–H and O–H groups in total. The van der Waals surface area contributed by atoms with Crippen LogP contribution in [-0.2, 0) is 6.42 Å². The van der Waals surface area contributed by atoms with E-state index in [9.17, 15) is 0 Å². The van der Waals surface area contributed by atoms with Gasteiger partial charge in [0, 0.05) is 11.4 Å². The average Bonchev–Trinajstić information content (AvgIpc) is 2.71. The molecule has 3 nitrogen and oxygen atoms in total. The molecule has 0 aliphatic carbocycles. The Bertz CT molecular complexity index is 405. The monoisotopic (exact) mass is 194 g/mol. The Kier molecular flexibility index (Phi) is 2.14. The molecule has 0 aromatic carbocycles. The van der Waals surface area contributed by atoms with Crippen molar-refractivity contribution in [2.75, 3.05) is 0 Å². The number of hydrogen-bond acceptors (Lipinski definition) is 4. The SMILES string of the molecule is CCc1cc(-c2csc(C)n2)on1. The molecule has 0 bridgehead atoms. The van der Waals surface area contributed by atoms with E-state index in [-0.39, 0.29) is 0 Å². The van der Waals surface area contributed by atoms with Crippen molar-refractivity contribution in [1.29, 1.82) is 0 Å². The topological polar surface area (TPSA) is 38.9 Å². The molecule has 0 aliphatic heterocycles. The van der Waals surface area contributed by atoms with Crippen LogP contribution in [0.25, 0.3) is 11.5 Å². The van der Waals surface area contributed by atoms with Crippen molar-refractivity contribution in [1.82, 2.24) is 10.1 Å². The number of aryl methyl sites for hydroxylation is 2. The predicted molar refractivity (Wildman–Crippen MR) is 51.7 cm³/mol. The van der Waals surface area contributed by atoms with Crippen LogP contribution >= 0.6 is 11.3 Å². The van der Waals surface area contributed by atoms with Crippen LogP contribution in [0.3, 0.4) is 0 Å². The molecule has 2 aromatic heterocycles. The second-order valence-corrected chi connectivity index (χ2v) is 3.85. The van der Waals surface area contributed by atoms with Crippen molar-refractivity contribution in [3.63, 3.8) is 0 Å². The van der Waals surface area contributed by atoms with Gasteiger partial charge in [0.25, 0.3) is 0 Å². The molecule has 0 aliphatic rings. The summed E-state index contributed by atoms with van der Waals surface area (Å²) < 4.78 is 5.15. The zero-order valence-corrected chi connectivity index (χ0v) is 8.39. The molecule has 2 heterocycles. The lowest BCUT2D eigenvalue weighted by Gasteiger charge is -1.83. The Morgan fingerprint density at radius 3 is 2.92 bits per heavy atom. The third-order valence-corrected chi connectivity index (χ3v) is 2.57. The lowest BCUT2D eigenvalue weighted by Crippen LogP contribution is -1.74. The van der Waals surface area contributed by atoms with Gasteiger partial charge in [0.05, 0.1) is 10.7 Å². The summed E-state index contributed by atoms with van der Waals surface area (Å²) in [5.41, 5.74) is 1.86. The van der Waals surface area contributed by atoms with Crippen LogP contribution in [-0.4, -0.2) is 10.1 Å². The van der Waals surface area contributed by atoms with E-state index in [1.54, 1.807) is 11.3 Å². The van der Waals surface area contributed by atoms with Gasteiger partial charge in [-0.2, -0.15) is 0 Å². The summed E-state index contributed by atoms with van der Waals surface area (Å²) in [7, 11) is 0. The third-order valence-electron chi connectivity index (χ3n) is 1.79. The van der Waals surface area contributed by atoms with Gasteiger partial charge in [-0.1, -0.05) is 12.1 Å². The molecule has 0 atom stereocenters. The van der Waals surface area contributed by atoms with E-state index in [0.29, 0.717) is 0 Å². The fraction of sp³-hybridized carbons (Fsp3) is 0.333. The maximum absolute atomic E-state index is 5.15. The van der Waals surface area contributed by atoms with Gasteiger partial charge in [0.1, 0.15) is 5.69 Å². The first-order chi connectivity index (χ1) is 6.29. The second kappa shape index (κ2) is 3.30. The largest absolute Gasteiger partial charge is 0.354 e. The average molecular weight is 194 g/mol. The highest BCUT2D eigenvalue weighted by Gasteiger charge is 2.07. The Morgan fingerprint density at radius 1 is 1.54 bits per heavy atom. The minimum Gasteiger partial charge on any atom is -0.354 e. The lowest BCUT2D eigenvalue weighted by atomic mass is 10.3. The standard InChI is InChI=1S/C9H10N2OS/c1-3-7-4-9(12-11-7)8-5-13-6(2)10-8/h4-5H,3H2,1-2H3. The maximum Gasteiger partial charge on any atom is 0.186 e. The molecule has 0 amide bonds. The minimum atomic E-state index is 0.765. The molecule has 0 saturated carbocycles. The van der Waals surface area contributed by atoms with E-state index in [1.165, 1.54) is 0 Å². The van der Waals surface area contributed by atoms with Crippen molar-refractivity contribution < 1.29 is 4.52 Å². The van der Waals surface area contributed by atoms with Gasteiger partial charge < -0.3 is 4.52 Å². The van der Waals surface area contributed by atoms with Crippen molar-refractivity contribution in [3.05, 3.63) is 22.1 Å². The number of thiazole rings is 1. The second-order valence-electron chi connectivity index (χ2n) is 2.79. The van der Waals surface area contributed by atoms with E-state index in [4.69, 9.17) is 4.52 Å². The van der Waals surface area contributed by atoms with Gasteiger partial charge in [-0.25, -0.2) is 4.98 Å². The van der Waals surface area contributed by atoms with Crippen molar-refractivity contribution in [2.45, 2.75) is 20.3 Å². The van der Waals surface area contributed by atoms with E-state index < -0.39 is 0 Å². The smallest absolute Gasteiger partial charge is 0.186 e. The van der Waals surface area contributed by atoms with E-state index in [2.05, 4.69) is 10.1 Å². The number of nitrogens with zero attached hydrogens (tertiary/aromatic N) is 2. The molecule has 0 saturated heterocycles. The first-order valence-corrected chi connectivity index (χ1v) is 5.05. The molecule has 0 fully saturated rings. The highest BCUT2D eigenvalue weighted by molar-refractivity contribution is 7.09. The van der Waals surface area contributed by atoms with Gasteiger partial charge in [-0.05, 0) is 13.3 Å². The quantitative estimate of drug-likeness (QED) is 0.737. The molecule has 0 unspecified atom stereocenters. The Morgan fingerprint density at radius 2 is 2.38 bits per heavy atom. The molecule has 0 radical (unpaired) electrons. The summed E-state index contributed by atoms with van der Waals surface area (Å²) in [5.74, 6) is 0.765. The van der Waals surface area contributed by atoms with E-state index >= 15 is 0 Å². The molecule has 2 rings (SSSR count). The van der Waals surface area contributed by atoms with Gasteiger partial charge in [0.2, 0.25) is 0 Å². The van der Waals surface area contributed by atoms with Crippen LogP contribution in [0.5, 0.6) is 0 Å². The van der Waals surface area contributed by atoms with Crippen LogP contribution in [0.15, 0.2) is 16.0 Å². The Balaban J connectivity index is 2.35. The van der Waals surface area contributed by atoms with E-state index in [0.717, 1.165) is 28.6 Å². The van der Waals surface area contributed by atoms with Crippen molar-refractivity contribution >= 4 is 11.3 Å². The van der Waals surface area contributed by atoms with E-state index in [1.807, 2.05) is 25.3 Å². The van der Waals surface area contributed by atoms with Crippen molar-refractivity contribution in [3.8, 4) is 11.5 Å². The van der Waals surface area contributed by atoms with Crippen LogP contribution in [0, 0.1) is 6.92 Å². The molecule has 4 heteroatoms. The fourth-order valence-electron chi connectivity index (χ4n) is 1.08. The van der Waals surface area contributed by atoms with Crippen LogP contribution in [0.2, 0.25) is 0 Å². The van der Waals surface area contributed by atoms with Crippen LogP contribution < -0.4 is 0 Å². The van der Waals surface area contributed by atoms with Gasteiger partial charge in [-0.15, -0.1) is 11.3 Å². The molecular weight excluding hydrogens is 184 g/mol. The summed E-state index contributed by atoms with van der Waals surface area (Å²) in [4.78, 5) is 4.31. The predicted octanol–water partition coefficient (Wildman–Crippen LogP) is 2.67. The Labute approximate surface area is 80.4 Å². The minimum absolute atomic E-state index is 0.765. The Hall–Kier alpha value is -1.16. The third kappa shape index (κ3) is 1.62. The molecular formula is C9H10N2OS. The van der Waals surface area contributed by atoms with Crippen LogP contribution in [0.1, 0.15) is 17.6 Å². The summed E-state index contributed by atoms with van der Waals surface area (Å²) in [6.07, 6.45) is 0.895. The van der Waals surface area contributed by atoms with Gasteiger partial charge in [-0.3, -0.25) is 0 Å². The highest BCUT2D eigenvalue weighted by atomic mass is 32.1. The first-order valence-electron chi connectivity index (χ1n) is 4.17. The van der Waals surface area contributed by atoms with Crippen molar-refractivity contribution in [2.24, 2.45) is 0 Å². The fourth-order valence-corrected chi connectivity index (χ4v) is 1.68. The lowest BCUT2D eigenvalue weighted by molar-refractivity contribution is 0.423. The summed E-state index contributed by atoms with van der Waals surface area (Å²) in [5, 5.41) is 6.94. The molecule has 68 valence electrons. The number of rotatable bonds is 2. The molecule has 13 heavy (non-hydrogen) atoms. The summed E-state index contributed by atoms with van der Waals surface area (Å²) >= 11 is 1.62. The number of hydrogen-bond donors (Lipinski definition) is 0. The van der Waals surface area contributed by atoms with Crippen LogP contribution in [0.4, 0.5) is 0 Å². The van der Waals surface area contributed by atoms with Gasteiger partial charge >= 0.3 is 0 Å². The normalized spacial score (nSPS) is 10.6. The van der Waals surface area contributed by atoms with Gasteiger partial charge in [0.15, 0.2) is 5.76 Å². The molecule has 2 aromatic rings. The maximum atomic E-state index is 5.15. The summed E-state index contributed by atoms with van der Waals surface area (Å²) in [6, 6.07) is 1.94.